The largest absolute Gasteiger partial charge is 0.481 e. The van der Waals surface area contributed by atoms with Gasteiger partial charge in [0.05, 0.1) is 5.92 Å². The van der Waals surface area contributed by atoms with Crippen LogP contribution < -0.4 is 0 Å². The lowest BCUT2D eigenvalue weighted by molar-refractivity contribution is -0.142. The number of ketones is 1. The van der Waals surface area contributed by atoms with Gasteiger partial charge in [0.1, 0.15) is 5.60 Å². The van der Waals surface area contributed by atoms with Crippen molar-refractivity contribution in [1.29, 1.82) is 0 Å². The summed E-state index contributed by atoms with van der Waals surface area (Å²) in [6.45, 7) is 6.26. The van der Waals surface area contributed by atoms with Crippen molar-refractivity contribution in [2.45, 2.75) is 33.3 Å². The summed E-state index contributed by atoms with van der Waals surface area (Å²) in [6, 6.07) is 0. The average Bonchev–Trinajstić information content (AvgIpc) is 2.49. The topological polar surface area (TPSA) is 74.6 Å². The van der Waals surface area contributed by atoms with Gasteiger partial charge in [-0.15, -0.1) is 0 Å². The third-order valence-electron chi connectivity index (χ3n) is 2.98. The SMILES string of the molecule is CC(C)(O)C(=O)[C@@H]1[C@H](C(=O)O)C1(C)C. The van der Waals surface area contributed by atoms with Crippen molar-refractivity contribution in [2.75, 3.05) is 0 Å². The normalized spacial score (nSPS) is 29.8. The van der Waals surface area contributed by atoms with Crippen LogP contribution in [0.2, 0.25) is 0 Å². The third kappa shape index (κ3) is 1.54. The molecule has 0 bridgehead atoms. The fraction of sp³-hybridized carbons (Fsp3) is 0.800. The standard InChI is InChI=1S/C10H16O4/c1-9(2)5(6(9)8(12)13)7(11)10(3,4)14/h5-6,14H,1-4H3,(H,12,13)/t5-,6+/m0/s1. The zero-order valence-corrected chi connectivity index (χ0v) is 8.87. The zero-order chi connectivity index (χ0) is 11.3. The maximum atomic E-state index is 11.6. The van der Waals surface area contributed by atoms with E-state index in [4.69, 9.17) is 5.11 Å². The first-order valence-electron chi connectivity index (χ1n) is 4.59. The van der Waals surface area contributed by atoms with E-state index in [-0.39, 0.29) is 5.78 Å². The molecule has 1 aliphatic rings. The molecule has 1 aliphatic carbocycles. The molecule has 0 aromatic heterocycles. The van der Waals surface area contributed by atoms with Gasteiger partial charge < -0.3 is 10.2 Å². The van der Waals surface area contributed by atoms with Gasteiger partial charge in [-0.25, -0.2) is 0 Å². The third-order valence-corrected chi connectivity index (χ3v) is 2.98. The summed E-state index contributed by atoms with van der Waals surface area (Å²) in [5.74, 6) is -2.55. The summed E-state index contributed by atoms with van der Waals surface area (Å²) in [7, 11) is 0. The van der Waals surface area contributed by atoms with Crippen molar-refractivity contribution in [3.05, 3.63) is 0 Å². The van der Waals surface area contributed by atoms with E-state index in [0.717, 1.165) is 0 Å². The number of carbonyl (C=O) groups is 2. The molecule has 1 rings (SSSR count). The van der Waals surface area contributed by atoms with E-state index in [1.807, 2.05) is 0 Å². The highest BCUT2D eigenvalue weighted by atomic mass is 16.4. The molecule has 0 aromatic rings. The molecule has 1 saturated carbocycles. The lowest BCUT2D eigenvalue weighted by atomic mass is 9.95. The summed E-state index contributed by atoms with van der Waals surface area (Å²) in [4.78, 5) is 22.4. The molecular formula is C10H16O4. The Hall–Kier alpha value is -0.900. The highest BCUT2D eigenvalue weighted by Gasteiger charge is 2.67. The van der Waals surface area contributed by atoms with E-state index in [9.17, 15) is 14.7 Å². The quantitative estimate of drug-likeness (QED) is 0.702. The van der Waals surface area contributed by atoms with Crippen LogP contribution in [0.25, 0.3) is 0 Å². The Morgan fingerprint density at radius 2 is 1.64 bits per heavy atom. The molecule has 4 nitrogen and oxygen atoms in total. The average molecular weight is 200 g/mol. The van der Waals surface area contributed by atoms with Crippen molar-refractivity contribution in [3.8, 4) is 0 Å². The second-order valence-corrected chi connectivity index (χ2v) is 5.04. The van der Waals surface area contributed by atoms with Crippen LogP contribution >= 0.6 is 0 Å². The molecule has 0 aliphatic heterocycles. The fourth-order valence-corrected chi connectivity index (χ4v) is 1.97. The molecule has 2 N–H and O–H groups in total. The van der Waals surface area contributed by atoms with Crippen molar-refractivity contribution in [3.63, 3.8) is 0 Å². The summed E-state index contributed by atoms with van der Waals surface area (Å²) < 4.78 is 0. The molecule has 0 aromatic carbocycles. The zero-order valence-electron chi connectivity index (χ0n) is 8.87. The number of aliphatic hydroxyl groups is 1. The molecule has 0 amide bonds. The Labute approximate surface area is 82.9 Å². The predicted molar refractivity (Wildman–Crippen MR) is 49.7 cm³/mol. The van der Waals surface area contributed by atoms with Gasteiger partial charge in [0.15, 0.2) is 5.78 Å². The second-order valence-electron chi connectivity index (χ2n) is 5.04. The van der Waals surface area contributed by atoms with Crippen molar-refractivity contribution in [1.82, 2.24) is 0 Å². The van der Waals surface area contributed by atoms with E-state index in [1.54, 1.807) is 13.8 Å². The number of carboxylic acids is 1. The summed E-state index contributed by atoms with van der Waals surface area (Å²) in [5.41, 5.74) is -1.96. The van der Waals surface area contributed by atoms with Crippen LogP contribution in [0.5, 0.6) is 0 Å². The van der Waals surface area contributed by atoms with E-state index in [0.29, 0.717) is 0 Å². The van der Waals surface area contributed by atoms with Crippen molar-refractivity contribution >= 4 is 11.8 Å². The Balaban J connectivity index is 2.85. The molecule has 0 radical (unpaired) electrons. The number of Topliss-reactive ketones (excluding diaryl/α,β-unsaturated/α-hetero) is 1. The van der Waals surface area contributed by atoms with Crippen LogP contribution in [0.3, 0.4) is 0 Å². The minimum Gasteiger partial charge on any atom is -0.481 e. The van der Waals surface area contributed by atoms with Gasteiger partial charge in [-0.1, -0.05) is 13.8 Å². The van der Waals surface area contributed by atoms with Crippen LogP contribution in [0.1, 0.15) is 27.7 Å². The van der Waals surface area contributed by atoms with Crippen LogP contribution in [0.15, 0.2) is 0 Å². The Morgan fingerprint density at radius 1 is 1.21 bits per heavy atom. The molecule has 0 unspecified atom stereocenters. The maximum absolute atomic E-state index is 11.6. The van der Waals surface area contributed by atoms with Crippen LogP contribution in [-0.4, -0.2) is 27.6 Å². The number of hydrogen-bond donors (Lipinski definition) is 2. The highest BCUT2D eigenvalue weighted by Crippen LogP contribution is 2.59. The number of rotatable bonds is 3. The summed E-state index contributed by atoms with van der Waals surface area (Å²) in [6.07, 6.45) is 0. The van der Waals surface area contributed by atoms with E-state index in [1.165, 1.54) is 13.8 Å². The minimum atomic E-state index is -1.44. The Bertz CT molecular complexity index is 285. The Kier molecular flexibility index (Phi) is 2.23. The van der Waals surface area contributed by atoms with E-state index in [2.05, 4.69) is 0 Å². The molecular weight excluding hydrogens is 184 g/mol. The van der Waals surface area contributed by atoms with Gasteiger partial charge in [0, 0.05) is 5.92 Å². The molecule has 0 spiro atoms. The van der Waals surface area contributed by atoms with Crippen LogP contribution in [0.4, 0.5) is 0 Å². The van der Waals surface area contributed by atoms with Gasteiger partial charge in [-0.2, -0.15) is 0 Å². The highest BCUT2D eigenvalue weighted by molar-refractivity contribution is 5.97. The first-order valence-corrected chi connectivity index (χ1v) is 4.59. The molecule has 1 fully saturated rings. The fourth-order valence-electron chi connectivity index (χ4n) is 1.97. The molecule has 0 saturated heterocycles. The van der Waals surface area contributed by atoms with Crippen LogP contribution in [0, 0.1) is 17.3 Å². The van der Waals surface area contributed by atoms with E-state index < -0.39 is 28.8 Å². The number of carboxylic acid groups (broad SMARTS) is 1. The predicted octanol–water partition coefficient (Wildman–Crippen LogP) is 0.683. The second kappa shape index (κ2) is 2.79. The monoisotopic (exact) mass is 200 g/mol. The van der Waals surface area contributed by atoms with E-state index >= 15 is 0 Å². The molecule has 80 valence electrons. The lowest BCUT2D eigenvalue weighted by Crippen LogP contribution is -2.34. The summed E-state index contributed by atoms with van der Waals surface area (Å²) >= 11 is 0. The summed E-state index contributed by atoms with van der Waals surface area (Å²) in [5, 5.41) is 18.3. The molecule has 0 heterocycles. The lowest BCUT2D eigenvalue weighted by Gasteiger charge is -2.15. The van der Waals surface area contributed by atoms with Gasteiger partial charge in [0.25, 0.3) is 0 Å². The van der Waals surface area contributed by atoms with Gasteiger partial charge in [-0.3, -0.25) is 9.59 Å². The number of carbonyl (C=O) groups excluding carboxylic acids is 1. The van der Waals surface area contributed by atoms with Crippen LogP contribution in [-0.2, 0) is 9.59 Å². The van der Waals surface area contributed by atoms with Crippen molar-refractivity contribution in [2.24, 2.45) is 17.3 Å². The number of hydrogen-bond acceptors (Lipinski definition) is 3. The number of aliphatic carboxylic acids is 1. The smallest absolute Gasteiger partial charge is 0.307 e. The van der Waals surface area contributed by atoms with Gasteiger partial charge >= 0.3 is 5.97 Å². The Morgan fingerprint density at radius 3 is 1.86 bits per heavy atom. The molecule has 4 heteroatoms. The molecule has 14 heavy (non-hydrogen) atoms. The van der Waals surface area contributed by atoms with Crippen molar-refractivity contribution < 1.29 is 19.8 Å². The first kappa shape index (κ1) is 11.2. The molecule has 2 atom stereocenters. The minimum absolute atomic E-state index is 0.380. The maximum Gasteiger partial charge on any atom is 0.307 e. The van der Waals surface area contributed by atoms with Gasteiger partial charge in [0.2, 0.25) is 0 Å². The first-order chi connectivity index (χ1) is 6.10. The van der Waals surface area contributed by atoms with Gasteiger partial charge in [-0.05, 0) is 19.3 Å².